The van der Waals surface area contributed by atoms with Crippen LogP contribution in [0.15, 0.2) is 42.5 Å². The Labute approximate surface area is 223 Å². The Morgan fingerprint density at radius 1 is 1.17 bits per heavy atom. The number of fused-ring (bicyclic) bond motifs is 1. The number of benzene rings is 2. The number of likely N-dealkylation sites (N-methyl/N-ethyl adjacent to an activating group) is 1. The number of amides is 1. The number of ether oxygens (including phenoxy) is 2. The predicted molar refractivity (Wildman–Crippen MR) is 142 cm³/mol. The standard InChI is InChI=1S/C28H34Cl2N2O4/c1-18(33)36-26-15-21(32(3)27(34)13-19-8-9-24(29)25(30)12-19)16-28(10-11-31(2)17-23(26)28)20-6-5-7-22(14-20)35-4/h5-9,12,14,21,23,26H,10-11,13,15-17H2,1-4H3/t21-,23-,26?,28-/m0/s1. The van der Waals surface area contributed by atoms with Crippen LogP contribution in [0.25, 0.3) is 0 Å². The van der Waals surface area contributed by atoms with Gasteiger partial charge in [-0.05, 0) is 61.8 Å². The van der Waals surface area contributed by atoms with Gasteiger partial charge >= 0.3 is 5.97 Å². The molecule has 2 aromatic carbocycles. The van der Waals surface area contributed by atoms with Crippen molar-refractivity contribution in [2.24, 2.45) is 5.92 Å². The molecule has 36 heavy (non-hydrogen) atoms. The van der Waals surface area contributed by atoms with Crippen LogP contribution < -0.4 is 4.74 Å². The highest BCUT2D eigenvalue weighted by atomic mass is 35.5. The molecule has 6 nitrogen and oxygen atoms in total. The third-order valence-electron chi connectivity index (χ3n) is 7.95. The summed E-state index contributed by atoms with van der Waals surface area (Å²) < 4.78 is 11.5. The number of hydrogen-bond donors (Lipinski definition) is 0. The van der Waals surface area contributed by atoms with E-state index in [0.717, 1.165) is 37.2 Å². The number of carbonyl (C=O) groups is 2. The van der Waals surface area contributed by atoms with E-state index in [1.807, 2.05) is 30.1 Å². The van der Waals surface area contributed by atoms with Gasteiger partial charge in [-0.1, -0.05) is 41.4 Å². The van der Waals surface area contributed by atoms with Gasteiger partial charge in [-0.3, -0.25) is 9.59 Å². The van der Waals surface area contributed by atoms with Crippen LogP contribution in [0.3, 0.4) is 0 Å². The van der Waals surface area contributed by atoms with Gasteiger partial charge in [0, 0.05) is 44.3 Å². The van der Waals surface area contributed by atoms with Crippen molar-refractivity contribution < 1.29 is 19.1 Å². The second-order valence-corrected chi connectivity index (χ2v) is 11.0. The Balaban J connectivity index is 1.67. The summed E-state index contributed by atoms with van der Waals surface area (Å²) in [6.07, 6.45) is 2.23. The zero-order chi connectivity index (χ0) is 26.0. The largest absolute Gasteiger partial charge is 0.497 e. The summed E-state index contributed by atoms with van der Waals surface area (Å²) in [7, 11) is 5.63. The van der Waals surface area contributed by atoms with Crippen molar-refractivity contribution in [2.45, 2.75) is 50.2 Å². The first-order chi connectivity index (χ1) is 17.1. The summed E-state index contributed by atoms with van der Waals surface area (Å²) in [6, 6.07) is 13.4. The number of nitrogens with zero attached hydrogens (tertiary/aromatic N) is 2. The molecular formula is C28H34Cl2N2O4. The highest BCUT2D eigenvalue weighted by molar-refractivity contribution is 6.42. The zero-order valence-corrected chi connectivity index (χ0v) is 22.8. The average molecular weight is 533 g/mol. The lowest BCUT2D eigenvalue weighted by molar-refractivity contribution is -0.160. The fourth-order valence-corrected chi connectivity index (χ4v) is 6.36. The summed E-state index contributed by atoms with van der Waals surface area (Å²) in [5, 5.41) is 0.898. The molecule has 4 atom stereocenters. The van der Waals surface area contributed by atoms with Crippen LogP contribution in [-0.2, 0) is 26.2 Å². The average Bonchev–Trinajstić information content (AvgIpc) is 2.85. The van der Waals surface area contributed by atoms with Gasteiger partial charge < -0.3 is 19.3 Å². The van der Waals surface area contributed by atoms with E-state index in [1.165, 1.54) is 12.5 Å². The van der Waals surface area contributed by atoms with Crippen LogP contribution in [0.1, 0.15) is 37.3 Å². The number of esters is 1. The van der Waals surface area contributed by atoms with E-state index in [1.54, 1.807) is 19.2 Å². The zero-order valence-electron chi connectivity index (χ0n) is 21.3. The molecule has 1 amide bonds. The highest BCUT2D eigenvalue weighted by Crippen LogP contribution is 2.51. The van der Waals surface area contributed by atoms with Crippen molar-refractivity contribution in [3.05, 3.63) is 63.6 Å². The molecule has 1 saturated heterocycles. The first kappa shape index (κ1) is 26.8. The summed E-state index contributed by atoms with van der Waals surface area (Å²) >= 11 is 12.2. The molecule has 0 N–H and O–H groups in total. The molecule has 0 radical (unpaired) electrons. The number of halogens is 2. The molecule has 194 valence electrons. The molecule has 4 rings (SSSR count). The van der Waals surface area contributed by atoms with E-state index in [-0.39, 0.29) is 41.8 Å². The second kappa shape index (κ2) is 11.0. The van der Waals surface area contributed by atoms with Crippen LogP contribution in [-0.4, -0.2) is 68.1 Å². The minimum Gasteiger partial charge on any atom is -0.497 e. The summed E-state index contributed by atoms with van der Waals surface area (Å²) in [5.74, 6) is 0.613. The molecule has 8 heteroatoms. The van der Waals surface area contributed by atoms with Gasteiger partial charge in [0.25, 0.3) is 0 Å². The number of hydrogen-bond acceptors (Lipinski definition) is 5. The molecule has 0 spiro atoms. The van der Waals surface area contributed by atoms with Crippen LogP contribution in [0.2, 0.25) is 10.0 Å². The van der Waals surface area contributed by atoms with Gasteiger partial charge in [-0.2, -0.15) is 0 Å². The van der Waals surface area contributed by atoms with E-state index in [4.69, 9.17) is 32.7 Å². The number of methoxy groups -OCH3 is 1. The number of piperidine rings is 1. The van der Waals surface area contributed by atoms with E-state index < -0.39 is 0 Å². The van der Waals surface area contributed by atoms with Crippen molar-refractivity contribution >= 4 is 35.1 Å². The summed E-state index contributed by atoms with van der Waals surface area (Å²) in [5.41, 5.74) is 1.74. The molecule has 0 aromatic heterocycles. The highest BCUT2D eigenvalue weighted by Gasteiger charge is 2.54. The van der Waals surface area contributed by atoms with Gasteiger partial charge in [-0.15, -0.1) is 0 Å². The van der Waals surface area contributed by atoms with Crippen molar-refractivity contribution in [1.29, 1.82) is 0 Å². The van der Waals surface area contributed by atoms with Gasteiger partial charge in [-0.25, -0.2) is 0 Å². The van der Waals surface area contributed by atoms with Crippen molar-refractivity contribution in [3.8, 4) is 5.75 Å². The third-order valence-corrected chi connectivity index (χ3v) is 8.69. The van der Waals surface area contributed by atoms with Crippen LogP contribution in [0, 0.1) is 5.92 Å². The molecule has 1 unspecified atom stereocenters. The normalized spacial score (nSPS) is 26.1. The Kier molecular flexibility index (Phi) is 8.18. The Morgan fingerprint density at radius 2 is 1.94 bits per heavy atom. The van der Waals surface area contributed by atoms with E-state index in [0.29, 0.717) is 16.5 Å². The van der Waals surface area contributed by atoms with Gasteiger partial charge in [0.2, 0.25) is 5.91 Å². The first-order valence-electron chi connectivity index (χ1n) is 12.3. The first-order valence-corrected chi connectivity index (χ1v) is 13.1. The second-order valence-electron chi connectivity index (χ2n) is 10.2. The lowest BCUT2D eigenvalue weighted by atomic mass is 9.56. The van der Waals surface area contributed by atoms with Crippen molar-refractivity contribution in [3.63, 3.8) is 0 Å². The molecule has 1 aliphatic carbocycles. The molecule has 1 heterocycles. The van der Waals surface area contributed by atoms with Gasteiger partial charge in [0.05, 0.1) is 23.6 Å². The van der Waals surface area contributed by atoms with E-state index in [9.17, 15) is 9.59 Å². The minimum absolute atomic E-state index is 0.00728. The lowest BCUT2D eigenvalue weighted by Gasteiger charge is -2.56. The van der Waals surface area contributed by atoms with Gasteiger partial charge in [0.15, 0.2) is 0 Å². The summed E-state index contributed by atoms with van der Waals surface area (Å²) in [4.78, 5) is 29.7. The molecule has 1 aliphatic heterocycles. The van der Waals surface area contributed by atoms with Crippen molar-refractivity contribution in [1.82, 2.24) is 9.80 Å². The predicted octanol–water partition coefficient (Wildman–Crippen LogP) is 4.99. The SMILES string of the molecule is COc1cccc([C@@]23CCN(C)C[C@H]2C(OC(C)=O)C[C@H](N(C)C(=O)Cc2ccc(Cl)c(Cl)c2)C3)c1. The Bertz CT molecular complexity index is 1130. The van der Waals surface area contributed by atoms with Crippen LogP contribution in [0.4, 0.5) is 0 Å². The molecule has 0 bridgehead atoms. The third kappa shape index (κ3) is 5.51. The Morgan fingerprint density at radius 3 is 2.64 bits per heavy atom. The molecule has 2 aliphatic rings. The number of carbonyl (C=O) groups excluding carboxylic acids is 2. The molecule has 2 aromatic rings. The molecule has 2 fully saturated rings. The van der Waals surface area contributed by atoms with Crippen LogP contribution in [0.5, 0.6) is 5.75 Å². The smallest absolute Gasteiger partial charge is 0.302 e. The minimum atomic E-state index is -0.296. The van der Waals surface area contributed by atoms with Gasteiger partial charge in [0.1, 0.15) is 11.9 Å². The summed E-state index contributed by atoms with van der Waals surface area (Å²) in [6.45, 7) is 3.21. The fourth-order valence-electron chi connectivity index (χ4n) is 6.04. The van der Waals surface area contributed by atoms with Crippen molar-refractivity contribution in [2.75, 3.05) is 34.3 Å². The lowest BCUT2D eigenvalue weighted by Crippen LogP contribution is -2.61. The quantitative estimate of drug-likeness (QED) is 0.490. The number of likely N-dealkylation sites (tertiary alicyclic amines) is 1. The topological polar surface area (TPSA) is 59.1 Å². The van der Waals surface area contributed by atoms with Crippen LogP contribution >= 0.6 is 23.2 Å². The van der Waals surface area contributed by atoms with E-state index >= 15 is 0 Å². The van der Waals surface area contributed by atoms with E-state index in [2.05, 4.69) is 24.1 Å². The maximum absolute atomic E-state index is 13.4. The maximum atomic E-state index is 13.4. The maximum Gasteiger partial charge on any atom is 0.302 e. The fraction of sp³-hybridized carbons (Fsp3) is 0.500. The monoisotopic (exact) mass is 532 g/mol. The molecule has 1 saturated carbocycles. The number of rotatable bonds is 6. The molecular weight excluding hydrogens is 499 g/mol. The Hall–Kier alpha value is -2.28.